The molecule has 0 aromatic rings. The maximum Gasteiger partial charge on any atom is 0.00242 e. The van der Waals surface area contributed by atoms with Crippen molar-refractivity contribution < 1.29 is 0 Å². The van der Waals surface area contributed by atoms with Crippen molar-refractivity contribution >= 4 is 0 Å². The van der Waals surface area contributed by atoms with Crippen LogP contribution in [0.3, 0.4) is 0 Å². The summed E-state index contributed by atoms with van der Waals surface area (Å²) in [7, 11) is 0. The molecule has 1 aliphatic heterocycles. The smallest absolute Gasteiger partial charge is 0.00242 e. The number of nitrogens with zero attached hydrogens (tertiary/aromatic N) is 1. The third kappa shape index (κ3) is 3.97. The zero-order chi connectivity index (χ0) is 10.4. The maximum absolute atomic E-state index is 5.80. The van der Waals surface area contributed by atoms with Gasteiger partial charge in [0.15, 0.2) is 0 Å². The molecule has 0 radical (unpaired) electrons. The molecule has 0 amide bonds. The van der Waals surface area contributed by atoms with Crippen molar-refractivity contribution in [2.75, 3.05) is 26.2 Å². The fourth-order valence-corrected chi connectivity index (χ4v) is 2.21. The van der Waals surface area contributed by atoms with Gasteiger partial charge in [0.25, 0.3) is 0 Å². The Bertz CT molecular complexity index is 137. The van der Waals surface area contributed by atoms with Crippen molar-refractivity contribution in [1.29, 1.82) is 0 Å². The van der Waals surface area contributed by atoms with Crippen LogP contribution in [0.4, 0.5) is 0 Å². The predicted molar refractivity (Wildman–Crippen MR) is 62.3 cm³/mol. The topological polar surface area (TPSA) is 29.3 Å². The van der Waals surface area contributed by atoms with Crippen LogP contribution < -0.4 is 5.73 Å². The van der Waals surface area contributed by atoms with Crippen LogP contribution in [0.2, 0.25) is 0 Å². The number of hydrogen-bond donors (Lipinski definition) is 1. The molecule has 1 aliphatic rings. The zero-order valence-corrected chi connectivity index (χ0v) is 9.84. The third-order valence-corrected chi connectivity index (χ3v) is 3.44. The maximum atomic E-state index is 5.80. The van der Waals surface area contributed by atoms with E-state index in [9.17, 15) is 0 Å². The Morgan fingerprint density at radius 1 is 1.07 bits per heavy atom. The Hall–Kier alpha value is -0.0800. The van der Waals surface area contributed by atoms with Crippen molar-refractivity contribution in [2.45, 2.75) is 39.5 Å². The van der Waals surface area contributed by atoms with Gasteiger partial charge in [-0.25, -0.2) is 0 Å². The average Bonchev–Trinajstić information content (AvgIpc) is 2.41. The molecule has 0 bridgehead atoms. The van der Waals surface area contributed by atoms with Gasteiger partial charge in [0.05, 0.1) is 0 Å². The highest BCUT2D eigenvalue weighted by Gasteiger charge is 2.16. The first-order valence-electron chi connectivity index (χ1n) is 6.16. The minimum absolute atomic E-state index is 0.688. The fourth-order valence-electron chi connectivity index (χ4n) is 2.21. The molecule has 1 unspecified atom stereocenters. The number of hydrogen-bond acceptors (Lipinski definition) is 2. The molecular weight excluding hydrogens is 172 g/mol. The molecule has 0 aliphatic carbocycles. The van der Waals surface area contributed by atoms with Gasteiger partial charge in [0.1, 0.15) is 0 Å². The van der Waals surface area contributed by atoms with Crippen LogP contribution in [0.25, 0.3) is 0 Å². The lowest BCUT2D eigenvalue weighted by atomic mass is 9.95. The van der Waals surface area contributed by atoms with Gasteiger partial charge < -0.3 is 10.6 Å². The third-order valence-electron chi connectivity index (χ3n) is 3.44. The molecule has 0 aromatic heterocycles. The summed E-state index contributed by atoms with van der Waals surface area (Å²) in [5.41, 5.74) is 5.80. The highest BCUT2D eigenvalue weighted by atomic mass is 15.1. The minimum atomic E-state index is 0.688. The molecular formula is C12H26N2. The number of likely N-dealkylation sites (tertiary alicyclic amines) is 1. The second-order valence-electron chi connectivity index (χ2n) is 4.95. The van der Waals surface area contributed by atoms with E-state index < -0.39 is 0 Å². The summed E-state index contributed by atoms with van der Waals surface area (Å²) in [5, 5.41) is 0. The van der Waals surface area contributed by atoms with Gasteiger partial charge in [0.2, 0.25) is 0 Å². The van der Waals surface area contributed by atoms with Gasteiger partial charge >= 0.3 is 0 Å². The first-order valence-corrected chi connectivity index (χ1v) is 6.16. The predicted octanol–water partition coefficient (Wildman–Crippen LogP) is 2.09. The van der Waals surface area contributed by atoms with E-state index in [1.165, 1.54) is 45.3 Å². The van der Waals surface area contributed by atoms with Gasteiger partial charge in [-0.3, -0.25) is 0 Å². The first kappa shape index (κ1) is 12.0. The molecule has 0 spiro atoms. The highest BCUT2D eigenvalue weighted by molar-refractivity contribution is 4.71. The normalized spacial score (nSPS) is 22.3. The summed E-state index contributed by atoms with van der Waals surface area (Å²) in [5.74, 6) is 1.41. The van der Waals surface area contributed by atoms with Crippen LogP contribution in [0.5, 0.6) is 0 Å². The summed E-state index contributed by atoms with van der Waals surface area (Å²) in [6, 6.07) is 0. The SMILES string of the molecule is CC(C)C(CN)CN1CCCCCC1. The lowest BCUT2D eigenvalue weighted by Gasteiger charge is -2.27. The average molecular weight is 198 g/mol. The molecule has 1 rings (SSSR count). The van der Waals surface area contributed by atoms with E-state index in [1.54, 1.807) is 0 Å². The number of nitrogens with two attached hydrogens (primary N) is 1. The van der Waals surface area contributed by atoms with E-state index in [0.717, 1.165) is 12.5 Å². The van der Waals surface area contributed by atoms with Crippen molar-refractivity contribution in [3.05, 3.63) is 0 Å². The molecule has 1 fully saturated rings. The van der Waals surface area contributed by atoms with Crippen LogP contribution >= 0.6 is 0 Å². The van der Waals surface area contributed by atoms with Crippen LogP contribution in [0.1, 0.15) is 39.5 Å². The lowest BCUT2D eigenvalue weighted by molar-refractivity contribution is 0.211. The standard InChI is InChI=1S/C12H26N2/c1-11(2)12(9-13)10-14-7-5-3-4-6-8-14/h11-12H,3-10,13H2,1-2H3. The van der Waals surface area contributed by atoms with Gasteiger partial charge in [-0.2, -0.15) is 0 Å². The van der Waals surface area contributed by atoms with E-state index in [0.29, 0.717) is 5.92 Å². The Kier molecular flexibility index (Phi) is 5.49. The molecule has 1 saturated heterocycles. The molecule has 1 heterocycles. The Morgan fingerprint density at radius 2 is 1.64 bits per heavy atom. The van der Waals surface area contributed by atoms with E-state index in [4.69, 9.17) is 5.73 Å². The molecule has 1 atom stereocenters. The van der Waals surface area contributed by atoms with E-state index in [-0.39, 0.29) is 0 Å². The first-order chi connectivity index (χ1) is 6.74. The van der Waals surface area contributed by atoms with Crippen LogP contribution in [-0.4, -0.2) is 31.1 Å². The highest BCUT2D eigenvalue weighted by Crippen LogP contribution is 2.15. The molecule has 2 nitrogen and oxygen atoms in total. The van der Waals surface area contributed by atoms with Gasteiger partial charge in [-0.1, -0.05) is 26.7 Å². The second-order valence-corrected chi connectivity index (χ2v) is 4.95. The van der Waals surface area contributed by atoms with Crippen LogP contribution in [0, 0.1) is 11.8 Å². The summed E-state index contributed by atoms with van der Waals surface area (Å²) in [6.45, 7) is 9.22. The van der Waals surface area contributed by atoms with E-state index in [2.05, 4.69) is 18.7 Å². The molecule has 14 heavy (non-hydrogen) atoms. The summed E-state index contributed by atoms with van der Waals surface area (Å²) < 4.78 is 0. The summed E-state index contributed by atoms with van der Waals surface area (Å²) in [6.07, 6.45) is 5.61. The number of rotatable bonds is 4. The fraction of sp³-hybridized carbons (Fsp3) is 1.00. The van der Waals surface area contributed by atoms with Crippen molar-refractivity contribution in [1.82, 2.24) is 4.90 Å². The molecule has 0 aromatic carbocycles. The van der Waals surface area contributed by atoms with E-state index >= 15 is 0 Å². The Morgan fingerprint density at radius 3 is 2.07 bits per heavy atom. The van der Waals surface area contributed by atoms with Crippen molar-refractivity contribution in [2.24, 2.45) is 17.6 Å². The summed E-state index contributed by atoms with van der Waals surface area (Å²) in [4.78, 5) is 2.62. The zero-order valence-electron chi connectivity index (χ0n) is 9.84. The molecule has 0 saturated carbocycles. The monoisotopic (exact) mass is 198 g/mol. The Labute approximate surface area is 88.8 Å². The van der Waals surface area contributed by atoms with Crippen molar-refractivity contribution in [3.8, 4) is 0 Å². The van der Waals surface area contributed by atoms with Crippen LogP contribution in [0.15, 0.2) is 0 Å². The van der Waals surface area contributed by atoms with Gasteiger partial charge in [-0.15, -0.1) is 0 Å². The van der Waals surface area contributed by atoms with Gasteiger partial charge in [0, 0.05) is 6.54 Å². The van der Waals surface area contributed by atoms with Gasteiger partial charge in [-0.05, 0) is 44.3 Å². The second kappa shape index (κ2) is 6.41. The largest absolute Gasteiger partial charge is 0.330 e. The van der Waals surface area contributed by atoms with Crippen LogP contribution in [-0.2, 0) is 0 Å². The molecule has 2 heteroatoms. The molecule has 84 valence electrons. The molecule has 2 N–H and O–H groups in total. The lowest BCUT2D eigenvalue weighted by Crippen LogP contribution is -2.36. The minimum Gasteiger partial charge on any atom is -0.330 e. The summed E-state index contributed by atoms with van der Waals surface area (Å²) >= 11 is 0. The van der Waals surface area contributed by atoms with Crippen molar-refractivity contribution in [3.63, 3.8) is 0 Å². The Balaban J connectivity index is 2.32. The quantitative estimate of drug-likeness (QED) is 0.749. The van der Waals surface area contributed by atoms with E-state index in [1.807, 2.05) is 0 Å².